The van der Waals surface area contributed by atoms with Gasteiger partial charge in [-0.2, -0.15) is 0 Å². The van der Waals surface area contributed by atoms with Gasteiger partial charge in [-0.1, -0.05) is 7.43 Å². The minimum Gasteiger partial charge on any atom is -0.335 e. The molecule has 2 heteroatoms. The molecule has 1 rings (SSSR count). The molecular formula is C7H14N2. The summed E-state index contributed by atoms with van der Waals surface area (Å²) in [5.41, 5.74) is 0. The zero-order chi connectivity index (χ0) is 5.98. The Morgan fingerprint density at radius 3 is 2.56 bits per heavy atom. The molecule has 1 heterocycles. The Bertz CT molecular complexity index is 167. The van der Waals surface area contributed by atoms with Gasteiger partial charge in [0.25, 0.3) is 0 Å². The molecule has 0 spiro atoms. The van der Waals surface area contributed by atoms with Gasteiger partial charge in [0.15, 0.2) is 0 Å². The Hall–Kier alpha value is -0.790. The lowest BCUT2D eigenvalue weighted by molar-refractivity contribution is 0.730. The predicted molar refractivity (Wildman–Crippen MR) is 39.4 cm³/mol. The fourth-order valence-electron chi connectivity index (χ4n) is 0.738. The molecule has 9 heavy (non-hydrogen) atoms. The van der Waals surface area contributed by atoms with Gasteiger partial charge in [-0.3, -0.25) is 0 Å². The largest absolute Gasteiger partial charge is 0.335 e. The van der Waals surface area contributed by atoms with Crippen molar-refractivity contribution in [2.45, 2.75) is 27.8 Å². The van der Waals surface area contributed by atoms with Crippen LogP contribution in [0.1, 0.15) is 20.2 Å². The van der Waals surface area contributed by atoms with Crippen molar-refractivity contribution in [3.63, 3.8) is 0 Å². The molecule has 0 aromatic carbocycles. The van der Waals surface area contributed by atoms with Crippen LogP contribution in [-0.2, 0) is 6.54 Å². The topological polar surface area (TPSA) is 17.8 Å². The molecule has 0 radical (unpaired) electrons. The average Bonchev–Trinajstić information content (AvgIpc) is 2.14. The van der Waals surface area contributed by atoms with Crippen LogP contribution in [-0.4, -0.2) is 9.55 Å². The maximum Gasteiger partial charge on any atom is 0.105 e. The van der Waals surface area contributed by atoms with Crippen LogP contribution in [0.2, 0.25) is 0 Å². The second-order valence-electron chi connectivity index (χ2n) is 1.76. The summed E-state index contributed by atoms with van der Waals surface area (Å²) in [5, 5.41) is 0. The molecule has 0 bridgehead atoms. The van der Waals surface area contributed by atoms with E-state index in [1.165, 1.54) is 0 Å². The first-order chi connectivity index (χ1) is 3.84. The van der Waals surface area contributed by atoms with E-state index in [9.17, 15) is 0 Å². The van der Waals surface area contributed by atoms with Gasteiger partial charge in [0.1, 0.15) is 5.82 Å². The van der Waals surface area contributed by atoms with Gasteiger partial charge >= 0.3 is 0 Å². The van der Waals surface area contributed by atoms with Crippen LogP contribution >= 0.6 is 0 Å². The Morgan fingerprint density at radius 1 is 1.67 bits per heavy atom. The van der Waals surface area contributed by atoms with E-state index in [1.54, 1.807) is 0 Å². The molecule has 0 saturated heterocycles. The predicted octanol–water partition coefficient (Wildman–Crippen LogP) is 1.85. The van der Waals surface area contributed by atoms with Crippen molar-refractivity contribution in [1.82, 2.24) is 9.55 Å². The first-order valence-corrected chi connectivity index (χ1v) is 2.82. The number of aryl methyl sites for hydroxylation is 2. The molecule has 0 aliphatic carbocycles. The third kappa shape index (κ3) is 1.56. The minimum atomic E-state index is 0. The highest BCUT2D eigenvalue weighted by molar-refractivity contribution is 4.87. The fraction of sp³-hybridized carbons (Fsp3) is 0.571. The van der Waals surface area contributed by atoms with Gasteiger partial charge in [0, 0.05) is 18.9 Å². The van der Waals surface area contributed by atoms with Crippen LogP contribution in [0.3, 0.4) is 0 Å². The van der Waals surface area contributed by atoms with Crippen LogP contribution in [0.5, 0.6) is 0 Å². The van der Waals surface area contributed by atoms with Crippen molar-refractivity contribution in [2.75, 3.05) is 0 Å². The van der Waals surface area contributed by atoms with Gasteiger partial charge in [-0.15, -0.1) is 0 Å². The number of hydrogen-bond donors (Lipinski definition) is 0. The van der Waals surface area contributed by atoms with E-state index in [2.05, 4.69) is 16.5 Å². The first kappa shape index (κ1) is 8.21. The summed E-state index contributed by atoms with van der Waals surface area (Å²) < 4.78 is 2.10. The molecule has 1 aromatic heterocycles. The lowest BCUT2D eigenvalue weighted by atomic mass is 10.6. The van der Waals surface area contributed by atoms with Gasteiger partial charge in [-0.25, -0.2) is 4.98 Å². The van der Waals surface area contributed by atoms with Crippen LogP contribution in [0, 0.1) is 6.92 Å². The molecule has 0 aliphatic rings. The van der Waals surface area contributed by atoms with Crippen LogP contribution in [0.25, 0.3) is 0 Å². The van der Waals surface area contributed by atoms with E-state index in [-0.39, 0.29) is 7.43 Å². The van der Waals surface area contributed by atoms with Crippen molar-refractivity contribution in [1.29, 1.82) is 0 Å². The number of imidazole rings is 1. The molecule has 0 atom stereocenters. The smallest absolute Gasteiger partial charge is 0.105 e. The zero-order valence-corrected chi connectivity index (χ0v) is 5.26. The molecule has 0 fully saturated rings. The van der Waals surface area contributed by atoms with E-state index in [0.717, 1.165) is 12.4 Å². The minimum absolute atomic E-state index is 0. The quantitative estimate of drug-likeness (QED) is 0.561. The fourth-order valence-corrected chi connectivity index (χ4v) is 0.738. The maximum absolute atomic E-state index is 4.05. The van der Waals surface area contributed by atoms with Crippen molar-refractivity contribution in [2.24, 2.45) is 0 Å². The molecule has 1 aromatic rings. The van der Waals surface area contributed by atoms with E-state index >= 15 is 0 Å². The molecular weight excluding hydrogens is 112 g/mol. The summed E-state index contributed by atoms with van der Waals surface area (Å²) in [7, 11) is 0. The summed E-state index contributed by atoms with van der Waals surface area (Å²) in [6.45, 7) is 5.13. The van der Waals surface area contributed by atoms with Crippen molar-refractivity contribution in [3.05, 3.63) is 18.2 Å². The summed E-state index contributed by atoms with van der Waals surface area (Å²) in [4.78, 5) is 4.05. The van der Waals surface area contributed by atoms with E-state index in [0.29, 0.717) is 0 Å². The van der Waals surface area contributed by atoms with Gasteiger partial charge in [0.2, 0.25) is 0 Å². The highest BCUT2D eigenvalue weighted by Crippen LogP contribution is 1.92. The number of hydrogen-bond acceptors (Lipinski definition) is 1. The zero-order valence-electron chi connectivity index (χ0n) is 5.26. The monoisotopic (exact) mass is 126 g/mol. The Balaban J connectivity index is 0.000000640. The van der Waals surface area contributed by atoms with Crippen LogP contribution < -0.4 is 0 Å². The number of nitrogens with zero attached hydrogens (tertiary/aromatic N) is 2. The maximum atomic E-state index is 4.05. The Kier molecular flexibility index (Phi) is 2.99. The standard InChI is InChI=1S/C6H10N2.CH4/c1-3-8-5-4-7-6(8)2;/h4-5H,3H2,1-2H3;1H4. The Morgan fingerprint density at radius 2 is 2.33 bits per heavy atom. The summed E-state index contributed by atoms with van der Waals surface area (Å²) in [5.74, 6) is 1.09. The van der Waals surface area contributed by atoms with Crippen molar-refractivity contribution in [3.8, 4) is 0 Å². The molecule has 0 amide bonds. The first-order valence-electron chi connectivity index (χ1n) is 2.82. The summed E-state index contributed by atoms with van der Waals surface area (Å²) in [6.07, 6.45) is 3.80. The van der Waals surface area contributed by atoms with Crippen LogP contribution in [0.4, 0.5) is 0 Å². The lowest BCUT2D eigenvalue weighted by Gasteiger charge is -1.95. The lowest BCUT2D eigenvalue weighted by Crippen LogP contribution is -1.93. The molecule has 0 saturated carbocycles. The average molecular weight is 126 g/mol. The van der Waals surface area contributed by atoms with Gasteiger partial charge in [-0.05, 0) is 13.8 Å². The Labute approximate surface area is 56.5 Å². The summed E-state index contributed by atoms with van der Waals surface area (Å²) in [6, 6.07) is 0. The van der Waals surface area contributed by atoms with Gasteiger partial charge < -0.3 is 4.57 Å². The van der Waals surface area contributed by atoms with E-state index < -0.39 is 0 Å². The van der Waals surface area contributed by atoms with Gasteiger partial charge in [0.05, 0.1) is 0 Å². The SMILES string of the molecule is C.CCn1ccnc1C. The second kappa shape index (κ2) is 3.28. The summed E-state index contributed by atoms with van der Waals surface area (Å²) >= 11 is 0. The third-order valence-electron chi connectivity index (χ3n) is 1.26. The molecule has 52 valence electrons. The highest BCUT2D eigenvalue weighted by atomic mass is 15.0. The normalized spacial score (nSPS) is 8.67. The third-order valence-corrected chi connectivity index (χ3v) is 1.26. The highest BCUT2D eigenvalue weighted by Gasteiger charge is 1.88. The van der Waals surface area contributed by atoms with Crippen molar-refractivity contribution < 1.29 is 0 Å². The van der Waals surface area contributed by atoms with Crippen molar-refractivity contribution >= 4 is 0 Å². The molecule has 2 nitrogen and oxygen atoms in total. The van der Waals surface area contributed by atoms with E-state index in [1.807, 2.05) is 19.3 Å². The van der Waals surface area contributed by atoms with E-state index in [4.69, 9.17) is 0 Å². The molecule has 0 N–H and O–H groups in total. The number of rotatable bonds is 1. The second-order valence-corrected chi connectivity index (χ2v) is 1.76. The molecule has 0 unspecified atom stereocenters. The number of aromatic nitrogens is 2. The van der Waals surface area contributed by atoms with Crippen LogP contribution in [0.15, 0.2) is 12.4 Å². The molecule has 0 aliphatic heterocycles.